The van der Waals surface area contributed by atoms with Crippen LogP contribution in [0.1, 0.15) is 5.69 Å². The van der Waals surface area contributed by atoms with E-state index >= 15 is 0 Å². The first kappa shape index (κ1) is 21.8. The number of ether oxygens (including phenoxy) is 1. The van der Waals surface area contributed by atoms with Crippen molar-refractivity contribution in [1.29, 1.82) is 0 Å². The molecule has 0 atom stereocenters. The van der Waals surface area contributed by atoms with E-state index in [1.54, 1.807) is 19.1 Å². The summed E-state index contributed by atoms with van der Waals surface area (Å²) in [6.07, 6.45) is 0. The Labute approximate surface area is 186 Å². The molecule has 0 aliphatic heterocycles. The number of anilines is 1. The molecule has 0 bridgehead atoms. The minimum atomic E-state index is -4.29. The predicted molar refractivity (Wildman–Crippen MR) is 119 cm³/mol. The predicted octanol–water partition coefficient (Wildman–Crippen LogP) is 3.41. The lowest BCUT2D eigenvalue weighted by Crippen LogP contribution is -2.03. The maximum absolute atomic E-state index is 11.2. The number of aliphatic hydroxyl groups excluding tert-OH is 1. The van der Waals surface area contributed by atoms with Crippen molar-refractivity contribution in [3.05, 3.63) is 48.2 Å². The highest BCUT2D eigenvalue weighted by Crippen LogP contribution is 2.34. The van der Waals surface area contributed by atoms with Crippen LogP contribution in [-0.4, -0.2) is 46.1 Å². The summed E-state index contributed by atoms with van der Waals surface area (Å²) in [5.41, 5.74) is 8.30. The van der Waals surface area contributed by atoms with Crippen LogP contribution in [0.3, 0.4) is 0 Å². The summed E-state index contributed by atoms with van der Waals surface area (Å²) in [5.74, 6) is 0.840. The molecule has 13 heteroatoms. The van der Waals surface area contributed by atoms with Crippen LogP contribution in [0.4, 0.5) is 16.6 Å². The Kier molecular flexibility index (Phi) is 5.88. The lowest BCUT2D eigenvalue weighted by molar-refractivity contribution is 0.201. The number of thiazole rings is 1. The topological polar surface area (TPSA) is 165 Å². The number of nitrogen functional groups attached to an aromatic ring is 1. The van der Waals surface area contributed by atoms with Crippen LogP contribution in [-0.2, 0) is 10.1 Å². The summed E-state index contributed by atoms with van der Waals surface area (Å²) in [6, 6.07) is 10.8. The molecule has 0 aliphatic carbocycles. The summed E-state index contributed by atoms with van der Waals surface area (Å²) in [4.78, 5) is 4.18. The zero-order valence-corrected chi connectivity index (χ0v) is 18.3. The lowest BCUT2D eigenvalue weighted by atomic mass is 10.3. The quantitative estimate of drug-likeness (QED) is 0.271. The van der Waals surface area contributed by atoms with Crippen LogP contribution in [0.25, 0.3) is 15.9 Å². The monoisotopic (exact) mass is 474 g/mol. The van der Waals surface area contributed by atoms with Gasteiger partial charge >= 0.3 is 0 Å². The van der Waals surface area contributed by atoms with Crippen LogP contribution >= 0.6 is 11.3 Å². The van der Waals surface area contributed by atoms with Gasteiger partial charge in [0.05, 0.1) is 33.1 Å². The fraction of sp³-hybridized carbons (Fsp3) is 0.158. The second kappa shape index (κ2) is 8.63. The maximum atomic E-state index is 11.2. The molecule has 4 aromatic rings. The van der Waals surface area contributed by atoms with E-state index in [1.807, 2.05) is 6.07 Å². The summed E-state index contributed by atoms with van der Waals surface area (Å²) >= 11 is 1.32. The first-order valence-electron chi connectivity index (χ1n) is 9.25. The Balaban J connectivity index is 1.60. The SMILES string of the molecule is Cc1nn(-c2ccc(S(=O)(=O)O)cc2)c(N)c1N=Nc1nc2ccc(OCCO)cc2s1. The highest BCUT2D eigenvalue weighted by molar-refractivity contribution is 7.85. The number of aryl methyl sites for hydroxylation is 1. The average Bonchev–Trinajstić information content (AvgIpc) is 3.29. The molecule has 32 heavy (non-hydrogen) atoms. The number of azo groups is 1. The largest absolute Gasteiger partial charge is 0.491 e. The molecule has 166 valence electrons. The molecule has 0 unspecified atom stereocenters. The third-order valence-corrected chi connectivity index (χ3v) is 6.16. The minimum absolute atomic E-state index is 0.0701. The Morgan fingerprint density at radius 2 is 1.94 bits per heavy atom. The highest BCUT2D eigenvalue weighted by Gasteiger charge is 2.16. The molecule has 2 aromatic heterocycles. The van der Waals surface area contributed by atoms with Gasteiger partial charge in [-0.25, -0.2) is 9.67 Å². The maximum Gasteiger partial charge on any atom is 0.294 e. The van der Waals surface area contributed by atoms with Gasteiger partial charge in [0.25, 0.3) is 10.1 Å². The zero-order chi connectivity index (χ0) is 22.9. The average molecular weight is 475 g/mol. The smallest absolute Gasteiger partial charge is 0.294 e. The molecular weight excluding hydrogens is 456 g/mol. The molecule has 4 N–H and O–H groups in total. The van der Waals surface area contributed by atoms with E-state index in [0.29, 0.717) is 27.9 Å². The molecule has 0 fully saturated rings. The number of rotatable bonds is 7. The molecule has 0 spiro atoms. The number of fused-ring (bicyclic) bond motifs is 1. The van der Waals surface area contributed by atoms with Crippen molar-refractivity contribution < 1.29 is 22.8 Å². The standard InChI is InChI=1S/C19H18N6O5S2/c1-11-17(18(20)25(24-11)12-2-5-14(6-3-12)32(27,28)29)22-23-19-21-15-7-4-13(30-9-8-26)10-16(15)31-19/h2-7,10,26H,8-9,20H2,1H3,(H,27,28,29). The van der Waals surface area contributed by atoms with Gasteiger partial charge in [-0.15, -0.1) is 10.2 Å². The second-order valence-corrected chi connectivity index (χ2v) is 9.03. The number of hydrogen-bond acceptors (Lipinski definition) is 10. The third-order valence-electron chi connectivity index (χ3n) is 4.39. The van der Waals surface area contributed by atoms with Crippen molar-refractivity contribution in [2.75, 3.05) is 18.9 Å². The fourth-order valence-electron chi connectivity index (χ4n) is 2.90. The normalized spacial score (nSPS) is 12.1. The number of aromatic nitrogens is 3. The van der Waals surface area contributed by atoms with Gasteiger partial charge in [0.1, 0.15) is 12.4 Å². The van der Waals surface area contributed by atoms with Crippen LogP contribution in [0, 0.1) is 6.92 Å². The Bertz CT molecular complexity index is 1410. The third kappa shape index (κ3) is 4.45. The van der Waals surface area contributed by atoms with Gasteiger partial charge in [-0.05, 0) is 49.4 Å². The summed E-state index contributed by atoms with van der Waals surface area (Å²) < 4.78 is 39.2. The van der Waals surface area contributed by atoms with E-state index in [9.17, 15) is 8.42 Å². The van der Waals surface area contributed by atoms with E-state index in [-0.39, 0.29) is 23.9 Å². The van der Waals surface area contributed by atoms with Crippen LogP contribution in [0.5, 0.6) is 5.75 Å². The molecule has 0 saturated carbocycles. The van der Waals surface area contributed by atoms with Gasteiger partial charge in [-0.3, -0.25) is 4.55 Å². The highest BCUT2D eigenvalue weighted by atomic mass is 32.2. The van der Waals surface area contributed by atoms with Crippen molar-refractivity contribution >= 4 is 48.3 Å². The number of benzene rings is 2. The van der Waals surface area contributed by atoms with Gasteiger partial charge < -0.3 is 15.6 Å². The minimum Gasteiger partial charge on any atom is -0.491 e. The molecule has 0 saturated heterocycles. The van der Waals surface area contributed by atoms with E-state index in [1.165, 1.54) is 40.3 Å². The molecule has 0 radical (unpaired) electrons. The van der Waals surface area contributed by atoms with Gasteiger partial charge in [0, 0.05) is 0 Å². The Hall–Kier alpha value is -3.39. The number of nitrogens with zero attached hydrogens (tertiary/aromatic N) is 5. The van der Waals surface area contributed by atoms with Gasteiger partial charge in [0.2, 0.25) is 5.13 Å². The van der Waals surface area contributed by atoms with Crippen LogP contribution in [0.15, 0.2) is 57.6 Å². The van der Waals surface area contributed by atoms with Crippen molar-refractivity contribution in [2.24, 2.45) is 10.2 Å². The Morgan fingerprint density at radius 3 is 2.62 bits per heavy atom. The summed E-state index contributed by atoms with van der Waals surface area (Å²) in [5, 5.41) is 22.0. The fourth-order valence-corrected chi connectivity index (χ4v) is 4.19. The molecular formula is C19H18N6O5S2. The van der Waals surface area contributed by atoms with E-state index in [4.69, 9.17) is 20.1 Å². The first-order valence-corrected chi connectivity index (χ1v) is 11.5. The molecule has 0 amide bonds. The molecule has 2 heterocycles. The molecule has 4 rings (SSSR count). The second-order valence-electron chi connectivity index (χ2n) is 6.60. The number of hydrogen-bond donors (Lipinski definition) is 3. The van der Waals surface area contributed by atoms with Gasteiger partial charge in [0.15, 0.2) is 11.5 Å². The summed E-state index contributed by atoms with van der Waals surface area (Å²) in [6.45, 7) is 1.86. The van der Waals surface area contributed by atoms with Crippen molar-refractivity contribution in [3.8, 4) is 11.4 Å². The lowest BCUT2D eigenvalue weighted by Gasteiger charge is -2.04. The van der Waals surface area contributed by atoms with Crippen molar-refractivity contribution in [1.82, 2.24) is 14.8 Å². The first-order chi connectivity index (χ1) is 15.3. The molecule has 0 aliphatic rings. The van der Waals surface area contributed by atoms with Crippen molar-refractivity contribution in [2.45, 2.75) is 11.8 Å². The van der Waals surface area contributed by atoms with Crippen LogP contribution in [0.2, 0.25) is 0 Å². The van der Waals surface area contributed by atoms with E-state index in [0.717, 1.165) is 10.2 Å². The number of nitrogens with two attached hydrogens (primary N) is 1. The Morgan fingerprint density at radius 1 is 1.19 bits per heavy atom. The summed E-state index contributed by atoms with van der Waals surface area (Å²) in [7, 11) is -4.29. The van der Waals surface area contributed by atoms with E-state index < -0.39 is 10.1 Å². The molecule has 2 aromatic carbocycles. The zero-order valence-electron chi connectivity index (χ0n) is 16.7. The van der Waals surface area contributed by atoms with Crippen molar-refractivity contribution in [3.63, 3.8) is 0 Å². The van der Waals surface area contributed by atoms with Gasteiger partial charge in [-0.1, -0.05) is 11.3 Å². The number of aliphatic hydroxyl groups is 1. The van der Waals surface area contributed by atoms with E-state index in [2.05, 4.69) is 20.3 Å². The van der Waals surface area contributed by atoms with Gasteiger partial charge in [-0.2, -0.15) is 13.5 Å². The van der Waals surface area contributed by atoms with Crippen LogP contribution < -0.4 is 10.5 Å². The molecule has 11 nitrogen and oxygen atoms in total.